The van der Waals surface area contributed by atoms with Gasteiger partial charge in [0.25, 0.3) is 0 Å². The summed E-state index contributed by atoms with van der Waals surface area (Å²) >= 11 is 0. The van der Waals surface area contributed by atoms with Crippen molar-refractivity contribution in [2.45, 2.75) is 33.1 Å². The fourth-order valence-corrected chi connectivity index (χ4v) is 4.52. The van der Waals surface area contributed by atoms with E-state index >= 15 is 0 Å². The van der Waals surface area contributed by atoms with E-state index < -0.39 is 0 Å². The molecule has 2 aromatic carbocycles. The maximum absolute atomic E-state index is 5.04. The van der Waals surface area contributed by atoms with E-state index in [1.807, 2.05) is 0 Å². The molecule has 1 unspecified atom stereocenters. The van der Waals surface area contributed by atoms with Crippen molar-refractivity contribution in [3.63, 3.8) is 0 Å². The third-order valence-electron chi connectivity index (χ3n) is 5.93. The predicted octanol–water partition coefficient (Wildman–Crippen LogP) is 4.55. The van der Waals surface area contributed by atoms with Gasteiger partial charge < -0.3 is 14.8 Å². The highest BCUT2D eigenvalue weighted by atomic mass is 15.4. The third kappa shape index (κ3) is 2.85. The largest absolute Gasteiger partial charge is 0.331 e. The Kier molecular flexibility index (Phi) is 4.29. The van der Waals surface area contributed by atoms with Crippen LogP contribution in [0.15, 0.2) is 70.9 Å². The zero-order valence-corrected chi connectivity index (χ0v) is 16.5. The van der Waals surface area contributed by atoms with Gasteiger partial charge in [-0.25, -0.2) is 4.99 Å². The predicted molar refractivity (Wildman–Crippen MR) is 115 cm³/mol. The first-order valence-corrected chi connectivity index (χ1v) is 10.1. The molecule has 2 aliphatic rings. The van der Waals surface area contributed by atoms with Crippen molar-refractivity contribution >= 4 is 17.1 Å². The molecule has 0 amide bonds. The maximum atomic E-state index is 5.04. The van der Waals surface area contributed by atoms with Gasteiger partial charge in [-0.2, -0.15) is 0 Å². The summed E-state index contributed by atoms with van der Waals surface area (Å²) in [6.45, 7) is 7.18. The fourth-order valence-electron chi connectivity index (χ4n) is 4.52. The average molecular weight is 371 g/mol. The van der Waals surface area contributed by atoms with Gasteiger partial charge in [-0.05, 0) is 37.1 Å². The van der Waals surface area contributed by atoms with Gasteiger partial charge in [0.15, 0.2) is 0 Å². The monoisotopic (exact) mass is 370 g/mol. The summed E-state index contributed by atoms with van der Waals surface area (Å²) < 4.78 is 2.40. The van der Waals surface area contributed by atoms with E-state index in [2.05, 4.69) is 89.4 Å². The summed E-state index contributed by atoms with van der Waals surface area (Å²) in [6, 6.07) is 19.6. The van der Waals surface area contributed by atoms with Crippen LogP contribution in [0.3, 0.4) is 0 Å². The molecule has 28 heavy (non-hydrogen) atoms. The number of fused-ring (bicyclic) bond motifs is 1. The molecule has 5 rings (SSSR count). The second kappa shape index (κ2) is 6.95. The molecular weight excluding hydrogens is 344 g/mol. The van der Waals surface area contributed by atoms with E-state index in [4.69, 9.17) is 4.99 Å². The Bertz CT molecular complexity index is 1070. The number of benzene rings is 2. The lowest BCUT2D eigenvalue weighted by Gasteiger charge is -2.40. The Morgan fingerprint density at radius 2 is 1.93 bits per heavy atom. The minimum atomic E-state index is -0.0450. The van der Waals surface area contributed by atoms with Crippen molar-refractivity contribution in [3.05, 3.63) is 82.7 Å². The molecule has 0 fully saturated rings. The van der Waals surface area contributed by atoms with Gasteiger partial charge in [0.1, 0.15) is 0 Å². The van der Waals surface area contributed by atoms with Gasteiger partial charge in [0.05, 0.1) is 5.52 Å². The zero-order valence-electron chi connectivity index (χ0n) is 16.5. The van der Waals surface area contributed by atoms with Gasteiger partial charge in [-0.1, -0.05) is 42.5 Å². The second-order valence-electron chi connectivity index (χ2n) is 7.80. The van der Waals surface area contributed by atoms with E-state index in [0.29, 0.717) is 0 Å². The van der Waals surface area contributed by atoms with Crippen molar-refractivity contribution in [2.75, 3.05) is 13.1 Å². The Labute approximate surface area is 166 Å². The third-order valence-corrected chi connectivity index (χ3v) is 5.93. The van der Waals surface area contributed by atoms with E-state index in [9.17, 15) is 0 Å². The first kappa shape index (κ1) is 17.3. The molecule has 3 aromatic rings. The zero-order chi connectivity index (χ0) is 19.1. The van der Waals surface area contributed by atoms with Crippen molar-refractivity contribution in [1.82, 2.24) is 14.8 Å². The van der Waals surface area contributed by atoms with Crippen molar-refractivity contribution in [3.8, 4) is 0 Å². The molecule has 0 saturated carbocycles. The molecular formula is C24H26N4. The fraction of sp³-hybridized carbons (Fsp3) is 0.292. The van der Waals surface area contributed by atoms with Crippen LogP contribution in [-0.2, 0) is 6.54 Å². The van der Waals surface area contributed by atoms with Crippen LogP contribution in [0.1, 0.15) is 29.5 Å². The van der Waals surface area contributed by atoms with Gasteiger partial charge in [-0.15, -0.1) is 0 Å². The summed E-state index contributed by atoms with van der Waals surface area (Å²) in [5.74, 6) is 0. The minimum absolute atomic E-state index is 0.0450. The first-order valence-electron chi connectivity index (χ1n) is 10.1. The number of aliphatic imine (C=N–C) groups is 1. The molecule has 0 saturated heterocycles. The van der Waals surface area contributed by atoms with Crippen LogP contribution < -0.4 is 5.32 Å². The van der Waals surface area contributed by atoms with E-state index in [-0.39, 0.29) is 6.29 Å². The van der Waals surface area contributed by atoms with Crippen molar-refractivity contribution in [2.24, 2.45) is 4.99 Å². The highest BCUT2D eigenvalue weighted by Gasteiger charge is 2.30. The normalized spacial score (nSPS) is 19.4. The minimum Gasteiger partial charge on any atom is -0.331 e. The van der Waals surface area contributed by atoms with E-state index in [1.54, 1.807) is 0 Å². The Hall–Kier alpha value is -2.85. The summed E-state index contributed by atoms with van der Waals surface area (Å²) in [7, 11) is 0. The van der Waals surface area contributed by atoms with Crippen LogP contribution in [0.25, 0.3) is 10.9 Å². The molecule has 0 bridgehead atoms. The topological polar surface area (TPSA) is 32.6 Å². The lowest BCUT2D eigenvalue weighted by molar-refractivity contribution is 0.174. The molecule has 142 valence electrons. The maximum Gasteiger partial charge on any atom is 0.203 e. The van der Waals surface area contributed by atoms with Crippen LogP contribution in [-0.4, -0.2) is 28.8 Å². The Morgan fingerprint density at radius 1 is 1.07 bits per heavy atom. The van der Waals surface area contributed by atoms with Crippen molar-refractivity contribution < 1.29 is 0 Å². The summed E-state index contributed by atoms with van der Waals surface area (Å²) in [6.07, 6.45) is 3.09. The van der Waals surface area contributed by atoms with Crippen LogP contribution in [0, 0.1) is 13.8 Å². The summed E-state index contributed by atoms with van der Waals surface area (Å²) in [4.78, 5) is 7.54. The molecule has 1 aromatic heterocycles. The number of hydrogen-bond donors (Lipinski definition) is 1. The second-order valence-corrected chi connectivity index (χ2v) is 7.80. The SMILES string of the molecule is Cc1cccc2c1cc(C)n2C1N=CC2=C(CCNC2)N1Cc1ccccc1. The Balaban J connectivity index is 1.64. The lowest BCUT2D eigenvalue weighted by atomic mass is 10.0. The first-order chi connectivity index (χ1) is 13.7. The Morgan fingerprint density at radius 3 is 2.79 bits per heavy atom. The summed E-state index contributed by atoms with van der Waals surface area (Å²) in [5, 5.41) is 4.80. The van der Waals surface area contributed by atoms with E-state index in [0.717, 1.165) is 26.1 Å². The standard InChI is InChI=1S/C24H26N4/c1-17-7-6-10-23-21(17)13-18(2)28(23)24-26-15-20-14-25-12-11-22(20)27(24)16-19-8-4-3-5-9-19/h3-10,13,15,24-25H,11-12,14,16H2,1-2H3. The highest BCUT2D eigenvalue weighted by Crippen LogP contribution is 2.35. The molecule has 2 aliphatic heterocycles. The van der Waals surface area contributed by atoms with Gasteiger partial charge in [-0.3, -0.25) is 0 Å². The molecule has 0 radical (unpaired) electrons. The van der Waals surface area contributed by atoms with Gasteiger partial charge in [0.2, 0.25) is 6.29 Å². The average Bonchev–Trinajstić information content (AvgIpc) is 3.06. The van der Waals surface area contributed by atoms with Crippen LogP contribution >= 0.6 is 0 Å². The van der Waals surface area contributed by atoms with Crippen molar-refractivity contribution in [1.29, 1.82) is 0 Å². The molecule has 1 N–H and O–H groups in total. The van der Waals surface area contributed by atoms with Crippen LogP contribution in [0.4, 0.5) is 0 Å². The number of hydrogen-bond acceptors (Lipinski definition) is 3. The molecule has 1 atom stereocenters. The molecule has 4 heteroatoms. The number of aryl methyl sites for hydroxylation is 2. The number of rotatable bonds is 3. The number of nitrogens with zero attached hydrogens (tertiary/aromatic N) is 3. The molecule has 0 spiro atoms. The molecule has 4 nitrogen and oxygen atoms in total. The highest BCUT2D eigenvalue weighted by molar-refractivity contribution is 5.85. The quantitative estimate of drug-likeness (QED) is 0.734. The summed E-state index contributed by atoms with van der Waals surface area (Å²) in [5.41, 5.74) is 7.90. The smallest absolute Gasteiger partial charge is 0.203 e. The van der Waals surface area contributed by atoms with Gasteiger partial charge >= 0.3 is 0 Å². The van der Waals surface area contributed by atoms with Crippen LogP contribution in [0.5, 0.6) is 0 Å². The molecule has 3 heterocycles. The van der Waals surface area contributed by atoms with Crippen LogP contribution in [0.2, 0.25) is 0 Å². The number of nitrogens with one attached hydrogen (secondary N) is 1. The number of aromatic nitrogens is 1. The molecule has 0 aliphatic carbocycles. The lowest BCUT2D eigenvalue weighted by Crippen LogP contribution is -2.40. The van der Waals surface area contributed by atoms with Gasteiger partial charge in [0, 0.05) is 54.6 Å². The van der Waals surface area contributed by atoms with E-state index in [1.165, 1.54) is 39.0 Å².